The first-order valence-corrected chi connectivity index (χ1v) is 12.5. The minimum absolute atomic E-state index is 0.187. The van der Waals surface area contributed by atoms with Gasteiger partial charge in [-0.2, -0.15) is 0 Å². The maximum Gasteiger partial charge on any atom is 0.281 e. The highest BCUT2D eigenvalue weighted by molar-refractivity contribution is 9.10. The number of para-hydroxylation sites is 1. The average molecular weight is 562 g/mol. The van der Waals surface area contributed by atoms with Crippen LogP contribution in [0.5, 0.6) is 17.2 Å². The lowest BCUT2D eigenvalue weighted by Crippen LogP contribution is -2.30. The Morgan fingerprint density at radius 2 is 1.89 bits per heavy atom. The third-order valence-corrected chi connectivity index (χ3v) is 6.79. The lowest BCUT2D eigenvalue weighted by Gasteiger charge is -2.13. The topological polar surface area (TPSA) is 65.0 Å². The highest BCUT2D eigenvalue weighted by Crippen LogP contribution is 2.35. The smallest absolute Gasteiger partial charge is 0.281 e. The van der Waals surface area contributed by atoms with Crippen molar-refractivity contribution in [1.29, 1.82) is 0 Å². The van der Waals surface area contributed by atoms with Crippen molar-refractivity contribution < 1.29 is 19.0 Å². The van der Waals surface area contributed by atoms with E-state index in [-0.39, 0.29) is 12.7 Å². The summed E-state index contributed by atoms with van der Waals surface area (Å²) in [6.07, 6.45) is 3.87. The van der Waals surface area contributed by atoms with Gasteiger partial charge in [0, 0.05) is 33.2 Å². The molecular weight excluding hydrogens is 542 g/mol. The van der Waals surface area contributed by atoms with E-state index in [1.165, 1.54) is 4.90 Å². The number of fused-ring (bicyclic) bond motifs is 2. The van der Waals surface area contributed by atoms with E-state index in [4.69, 9.17) is 26.4 Å². The van der Waals surface area contributed by atoms with E-state index >= 15 is 0 Å². The van der Waals surface area contributed by atoms with Crippen LogP contribution >= 0.6 is 28.1 Å². The molecule has 180 valence electrons. The number of halogens is 1. The molecular formula is C27H20BrN3O4S. The number of nitrogens with one attached hydrogen (secondary N) is 1. The first kappa shape index (κ1) is 22.6. The van der Waals surface area contributed by atoms with Crippen molar-refractivity contribution in [1.82, 2.24) is 9.88 Å². The second-order valence-corrected chi connectivity index (χ2v) is 9.57. The Kier molecular flexibility index (Phi) is 5.86. The molecule has 1 amide bonds. The van der Waals surface area contributed by atoms with Gasteiger partial charge in [-0.15, -0.1) is 0 Å². The van der Waals surface area contributed by atoms with Gasteiger partial charge in [0.2, 0.25) is 6.79 Å². The van der Waals surface area contributed by atoms with E-state index in [0.29, 0.717) is 29.7 Å². The van der Waals surface area contributed by atoms with Crippen LogP contribution in [0.3, 0.4) is 0 Å². The van der Waals surface area contributed by atoms with Gasteiger partial charge in [0.25, 0.3) is 5.91 Å². The summed E-state index contributed by atoms with van der Waals surface area (Å²) in [5, 5.41) is 4.45. The lowest BCUT2D eigenvalue weighted by molar-refractivity contribution is -0.113. The zero-order valence-corrected chi connectivity index (χ0v) is 21.3. The van der Waals surface area contributed by atoms with Crippen molar-refractivity contribution in [3.8, 4) is 17.2 Å². The van der Waals surface area contributed by atoms with Crippen molar-refractivity contribution in [2.24, 2.45) is 0 Å². The Labute approximate surface area is 221 Å². The summed E-state index contributed by atoms with van der Waals surface area (Å²) in [5.74, 6) is 1.94. The number of aromatic nitrogens is 1. The molecule has 7 nitrogen and oxygen atoms in total. The SMILES string of the molecule is O=C1/C(=C/c2cn(CCOc3ccc4c(c3)OCO4)c3ccc(Br)cc23)NC(=S)N1c1ccccc1. The number of carbonyl (C=O) groups excluding carboxylic acids is 1. The maximum atomic E-state index is 13.2. The molecule has 3 heterocycles. The number of hydrogen-bond acceptors (Lipinski definition) is 5. The normalized spacial score (nSPS) is 15.7. The zero-order chi connectivity index (χ0) is 24.6. The van der Waals surface area contributed by atoms with Crippen LogP contribution < -0.4 is 24.4 Å². The van der Waals surface area contributed by atoms with Gasteiger partial charge in [-0.3, -0.25) is 9.69 Å². The highest BCUT2D eigenvalue weighted by atomic mass is 79.9. The molecule has 0 spiro atoms. The van der Waals surface area contributed by atoms with Crippen molar-refractivity contribution in [2.45, 2.75) is 6.54 Å². The molecule has 1 fully saturated rings. The minimum atomic E-state index is -0.187. The molecule has 0 aliphatic carbocycles. The fourth-order valence-corrected chi connectivity index (χ4v) is 4.99. The van der Waals surface area contributed by atoms with Gasteiger partial charge in [0.05, 0.1) is 12.2 Å². The number of benzene rings is 3. The third-order valence-electron chi connectivity index (χ3n) is 6.01. The predicted molar refractivity (Wildman–Crippen MR) is 145 cm³/mol. The quantitative estimate of drug-likeness (QED) is 0.248. The van der Waals surface area contributed by atoms with Gasteiger partial charge in [-0.05, 0) is 60.8 Å². The molecule has 4 aromatic rings. The molecule has 6 rings (SSSR count). The number of ether oxygens (including phenoxy) is 3. The average Bonchev–Trinajstić information content (AvgIpc) is 3.56. The summed E-state index contributed by atoms with van der Waals surface area (Å²) in [4.78, 5) is 14.7. The van der Waals surface area contributed by atoms with E-state index in [2.05, 4.69) is 25.8 Å². The van der Waals surface area contributed by atoms with Crippen molar-refractivity contribution in [3.63, 3.8) is 0 Å². The Morgan fingerprint density at radius 1 is 1.06 bits per heavy atom. The molecule has 3 aromatic carbocycles. The van der Waals surface area contributed by atoms with Crippen LogP contribution in [0.2, 0.25) is 0 Å². The van der Waals surface area contributed by atoms with E-state index in [0.717, 1.165) is 38.1 Å². The third kappa shape index (κ3) is 4.20. The molecule has 2 aliphatic rings. The molecule has 1 saturated heterocycles. The Morgan fingerprint density at radius 3 is 2.75 bits per heavy atom. The second-order valence-electron chi connectivity index (χ2n) is 8.27. The molecule has 0 bridgehead atoms. The van der Waals surface area contributed by atoms with Gasteiger partial charge >= 0.3 is 0 Å². The lowest BCUT2D eigenvalue weighted by atomic mass is 10.1. The Bertz CT molecular complexity index is 1530. The molecule has 0 saturated carbocycles. The van der Waals surface area contributed by atoms with Crippen LogP contribution in [-0.2, 0) is 11.3 Å². The first-order valence-electron chi connectivity index (χ1n) is 11.3. The van der Waals surface area contributed by atoms with Crippen molar-refractivity contribution >= 4 is 61.8 Å². The predicted octanol–water partition coefficient (Wildman–Crippen LogP) is 5.47. The molecule has 0 unspecified atom stereocenters. The number of thiocarbonyl (C=S) groups is 1. The Balaban J connectivity index is 1.26. The molecule has 0 radical (unpaired) electrons. The fraction of sp³-hybridized carbons (Fsp3) is 0.111. The number of nitrogens with zero attached hydrogens (tertiary/aromatic N) is 2. The largest absolute Gasteiger partial charge is 0.492 e. The Hall–Kier alpha value is -3.82. The highest BCUT2D eigenvalue weighted by Gasteiger charge is 2.32. The molecule has 36 heavy (non-hydrogen) atoms. The number of amides is 1. The number of rotatable bonds is 6. The van der Waals surface area contributed by atoms with E-state index in [1.807, 2.05) is 79.0 Å². The molecule has 2 aliphatic heterocycles. The number of carbonyl (C=O) groups is 1. The molecule has 1 aromatic heterocycles. The summed E-state index contributed by atoms with van der Waals surface area (Å²) < 4.78 is 19.8. The first-order chi connectivity index (χ1) is 17.6. The van der Waals surface area contributed by atoms with Gasteiger partial charge in [0.1, 0.15) is 18.1 Å². The van der Waals surface area contributed by atoms with Crippen LogP contribution in [0, 0.1) is 0 Å². The van der Waals surface area contributed by atoms with Crippen LogP contribution in [0.4, 0.5) is 5.69 Å². The van der Waals surface area contributed by atoms with E-state index in [1.54, 1.807) is 0 Å². The van der Waals surface area contributed by atoms with Gasteiger partial charge < -0.3 is 24.1 Å². The van der Waals surface area contributed by atoms with E-state index in [9.17, 15) is 4.79 Å². The van der Waals surface area contributed by atoms with Gasteiger partial charge in [0.15, 0.2) is 16.6 Å². The molecule has 0 atom stereocenters. The van der Waals surface area contributed by atoms with E-state index < -0.39 is 0 Å². The van der Waals surface area contributed by atoms with Crippen LogP contribution in [0.1, 0.15) is 5.56 Å². The summed E-state index contributed by atoms with van der Waals surface area (Å²) in [6, 6.07) is 21.0. The maximum absolute atomic E-state index is 13.2. The van der Waals surface area contributed by atoms with Gasteiger partial charge in [-0.1, -0.05) is 34.1 Å². The van der Waals surface area contributed by atoms with Crippen LogP contribution in [-0.4, -0.2) is 29.0 Å². The minimum Gasteiger partial charge on any atom is -0.492 e. The van der Waals surface area contributed by atoms with Gasteiger partial charge in [-0.25, -0.2) is 0 Å². The summed E-state index contributed by atoms with van der Waals surface area (Å²) in [5.41, 5.74) is 3.10. The summed E-state index contributed by atoms with van der Waals surface area (Å²) in [7, 11) is 0. The van der Waals surface area contributed by atoms with Crippen molar-refractivity contribution in [3.05, 3.63) is 88.7 Å². The second kappa shape index (κ2) is 9.33. The standard InChI is InChI=1S/C27H20BrN3O4S/c28-18-6-8-23-21(13-18)17(12-22-26(32)31(27(36)29-22)19-4-2-1-3-5-19)15-30(23)10-11-33-20-7-9-24-25(14-20)35-16-34-24/h1-9,12-15H,10-11,16H2,(H,29,36)/b22-12-. The molecule has 1 N–H and O–H groups in total. The fourth-order valence-electron chi connectivity index (χ4n) is 4.33. The summed E-state index contributed by atoms with van der Waals surface area (Å²) in [6.45, 7) is 1.30. The number of hydrogen-bond donors (Lipinski definition) is 1. The van der Waals surface area contributed by atoms with Crippen LogP contribution in [0.25, 0.3) is 17.0 Å². The van der Waals surface area contributed by atoms with Crippen molar-refractivity contribution in [2.75, 3.05) is 18.3 Å². The zero-order valence-electron chi connectivity index (χ0n) is 18.9. The number of anilines is 1. The van der Waals surface area contributed by atoms with Crippen LogP contribution in [0.15, 0.2) is 83.1 Å². The monoisotopic (exact) mass is 561 g/mol. The summed E-state index contributed by atoms with van der Waals surface area (Å²) >= 11 is 9.02. The molecule has 9 heteroatoms.